The average Bonchev–Trinajstić information content (AvgIpc) is 2.88. The van der Waals surface area contributed by atoms with Crippen molar-refractivity contribution >= 4 is 23.6 Å². The normalized spacial score (nSPS) is 11.8. The van der Waals surface area contributed by atoms with Gasteiger partial charge in [-0.1, -0.05) is 91.0 Å². The van der Waals surface area contributed by atoms with Gasteiger partial charge in [0, 0.05) is 19.8 Å². The van der Waals surface area contributed by atoms with Gasteiger partial charge >= 0.3 is 0 Å². The second kappa shape index (κ2) is 11.3. The Balaban J connectivity index is 2.12. The van der Waals surface area contributed by atoms with E-state index in [1.807, 2.05) is 60.7 Å². The van der Waals surface area contributed by atoms with Crippen LogP contribution >= 0.6 is 11.8 Å². The zero-order valence-corrected chi connectivity index (χ0v) is 19.6. The zero-order valence-electron chi connectivity index (χ0n) is 18.8. The van der Waals surface area contributed by atoms with Gasteiger partial charge in [-0.25, -0.2) is 0 Å². The molecule has 0 saturated carbocycles. The van der Waals surface area contributed by atoms with Gasteiger partial charge in [-0.2, -0.15) is 5.26 Å². The molecule has 5 nitrogen and oxygen atoms in total. The Bertz CT molecular complexity index is 1000. The number of nitrogens with zero attached hydrogens (tertiary/aromatic N) is 2. The van der Waals surface area contributed by atoms with Gasteiger partial charge in [-0.3, -0.25) is 9.59 Å². The summed E-state index contributed by atoms with van der Waals surface area (Å²) in [5.74, 6) is -0.303. The molecule has 0 bridgehead atoms. The minimum atomic E-state index is -0.726. The first-order chi connectivity index (χ1) is 16.0. The maximum Gasteiger partial charge on any atom is 0.243 e. The van der Waals surface area contributed by atoms with Crippen molar-refractivity contribution in [1.29, 1.82) is 5.26 Å². The summed E-state index contributed by atoms with van der Waals surface area (Å²) in [6, 6.07) is 31.7. The molecule has 0 radical (unpaired) electrons. The molecule has 6 heteroatoms. The first-order valence-corrected chi connectivity index (χ1v) is 11.7. The third-order valence-electron chi connectivity index (χ3n) is 5.64. The fourth-order valence-corrected chi connectivity index (χ4v) is 5.56. The van der Waals surface area contributed by atoms with Crippen molar-refractivity contribution in [3.8, 4) is 6.07 Å². The van der Waals surface area contributed by atoms with Crippen molar-refractivity contribution in [3.63, 3.8) is 0 Å². The maximum atomic E-state index is 12.8. The van der Waals surface area contributed by atoms with Gasteiger partial charge < -0.3 is 10.2 Å². The molecule has 1 N–H and O–H groups in total. The maximum absolute atomic E-state index is 12.8. The van der Waals surface area contributed by atoms with Gasteiger partial charge in [0.05, 0.1) is 10.8 Å². The SMILES string of the molecule is CNC(=O)C(CSC(c1ccccc1)(c1ccccc1)c1ccccc1)N(C)C(=O)CC#N. The van der Waals surface area contributed by atoms with Gasteiger partial charge in [0.15, 0.2) is 0 Å². The summed E-state index contributed by atoms with van der Waals surface area (Å²) in [6.45, 7) is 0. The number of nitriles is 1. The lowest BCUT2D eigenvalue weighted by atomic mass is 9.84. The number of carbonyl (C=O) groups excluding carboxylic acids is 2. The first kappa shape index (κ1) is 24.1. The lowest BCUT2D eigenvalue weighted by Gasteiger charge is -2.37. The van der Waals surface area contributed by atoms with E-state index in [2.05, 4.69) is 41.7 Å². The predicted octanol–water partition coefficient (Wildman–Crippen LogP) is 4.20. The summed E-state index contributed by atoms with van der Waals surface area (Å²) in [6.07, 6.45) is -0.268. The fraction of sp³-hybridized carbons (Fsp3) is 0.222. The molecule has 2 amide bonds. The van der Waals surface area contributed by atoms with Crippen LogP contribution in [-0.2, 0) is 14.3 Å². The van der Waals surface area contributed by atoms with Gasteiger partial charge in [-0.15, -0.1) is 11.8 Å². The van der Waals surface area contributed by atoms with Crippen LogP contribution in [0.4, 0.5) is 0 Å². The lowest BCUT2D eigenvalue weighted by Crippen LogP contribution is -2.49. The van der Waals surface area contributed by atoms with Crippen molar-refractivity contribution in [1.82, 2.24) is 10.2 Å². The third kappa shape index (κ3) is 5.27. The number of hydrogen-bond donors (Lipinski definition) is 1. The molecule has 168 valence electrons. The molecule has 33 heavy (non-hydrogen) atoms. The summed E-state index contributed by atoms with van der Waals surface area (Å²) < 4.78 is -0.602. The Morgan fingerprint density at radius 1 is 0.909 bits per heavy atom. The first-order valence-electron chi connectivity index (χ1n) is 10.7. The quantitative estimate of drug-likeness (QED) is 0.489. The molecule has 0 aliphatic carbocycles. The largest absolute Gasteiger partial charge is 0.357 e. The third-order valence-corrected chi connectivity index (χ3v) is 7.26. The second-order valence-electron chi connectivity index (χ2n) is 7.56. The van der Waals surface area contributed by atoms with E-state index in [-0.39, 0.29) is 18.2 Å². The van der Waals surface area contributed by atoms with E-state index in [1.165, 1.54) is 4.90 Å². The number of nitrogens with one attached hydrogen (secondary N) is 1. The molecular formula is C27H27N3O2S. The Kier molecular flexibility index (Phi) is 8.28. The monoisotopic (exact) mass is 457 g/mol. The zero-order chi connectivity index (χ0) is 23.7. The Morgan fingerprint density at radius 2 is 1.33 bits per heavy atom. The van der Waals surface area contributed by atoms with E-state index in [1.54, 1.807) is 25.9 Å². The fourth-order valence-electron chi connectivity index (χ4n) is 3.87. The topological polar surface area (TPSA) is 73.2 Å². The summed E-state index contributed by atoms with van der Waals surface area (Å²) >= 11 is 1.61. The highest BCUT2D eigenvalue weighted by molar-refractivity contribution is 8.00. The standard InChI is InChI=1S/C27H27N3O2S/c1-29-26(32)24(30(2)25(31)18-19-28)20-33-27(21-12-6-3-7-13-21,22-14-8-4-9-15-22)23-16-10-5-11-17-23/h3-17,24H,18,20H2,1-2H3,(H,29,32). The van der Waals surface area contributed by atoms with Crippen molar-refractivity contribution in [3.05, 3.63) is 108 Å². The molecular weight excluding hydrogens is 430 g/mol. The van der Waals surface area contributed by atoms with Crippen LogP contribution in [0.2, 0.25) is 0 Å². The minimum absolute atomic E-state index is 0.264. The Morgan fingerprint density at radius 3 is 1.70 bits per heavy atom. The van der Waals surface area contributed by atoms with Crippen LogP contribution < -0.4 is 5.32 Å². The number of likely N-dealkylation sites (N-methyl/N-ethyl adjacent to an activating group) is 2. The molecule has 0 saturated heterocycles. The summed E-state index contributed by atoms with van der Waals surface area (Å²) in [4.78, 5) is 26.6. The van der Waals surface area contributed by atoms with Gasteiger partial charge in [-0.05, 0) is 16.7 Å². The highest BCUT2D eigenvalue weighted by Gasteiger charge is 2.39. The second-order valence-corrected chi connectivity index (χ2v) is 8.79. The van der Waals surface area contributed by atoms with Crippen LogP contribution in [0.15, 0.2) is 91.0 Å². The van der Waals surface area contributed by atoms with Crippen molar-refractivity contribution in [2.45, 2.75) is 17.2 Å². The number of amides is 2. The predicted molar refractivity (Wildman–Crippen MR) is 133 cm³/mol. The highest BCUT2D eigenvalue weighted by atomic mass is 32.2. The van der Waals surface area contributed by atoms with Crippen LogP contribution in [0.1, 0.15) is 23.1 Å². The number of benzene rings is 3. The molecule has 0 spiro atoms. The van der Waals surface area contributed by atoms with Crippen LogP contribution in [0.3, 0.4) is 0 Å². The van der Waals surface area contributed by atoms with Crippen molar-refractivity contribution < 1.29 is 9.59 Å². The van der Waals surface area contributed by atoms with E-state index in [0.29, 0.717) is 5.75 Å². The molecule has 0 aliphatic rings. The number of hydrogen-bond acceptors (Lipinski definition) is 4. The highest BCUT2D eigenvalue weighted by Crippen LogP contribution is 2.48. The van der Waals surface area contributed by atoms with E-state index in [9.17, 15) is 9.59 Å². The number of carbonyl (C=O) groups is 2. The number of thioether (sulfide) groups is 1. The van der Waals surface area contributed by atoms with E-state index in [0.717, 1.165) is 16.7 Å². The van der Waals surface area contributed by atoms with Crippen molar-refractivity contribution in [2.75, 3.05) is 19.8 Å². The Hall–Kier alpha value is -3.56. The summed E-state index contributed by atoms with van der Waals surface area (Å²) in [5, 5.41) is 11.6. The molecule has 3 aromatic rings. The van der Waals surface area contributed by atoms with Crippen molar-refractivity contribution in [2.24, 2.45) is 0 Å². The van der Waals surface area contributed by atoms with Gasteiger partial charge in [0.1, 0.15) is 12.5 Å². The molecule has 0 aromatic heterocycles. The van der Waals surface area contributed by atoms with Crippen LogP contribution in [0.25, 0.3) is 0 Å². The van der Waals surface area contributed by atoms with E-state index >= 15 is 0 Å². The molecule has 1 unspecified atom stereocenters. The molecule has 1 atom stereocenters. The van der Waals surface area contributed by atoms with Gasteiger partial charge in [0.25, 0.3) is 0 Å². The molecule has 3 rings (SSSR count). The van der Waals surface area contributed by atoms with E-state index < -0.39 is 10.8 Å². The van der Waals surface area contributed by atoms with Crippen LogP contribution in [0, 0.1) is 11.3 Å². The summed E-state index contributed by atoms with van der Waals surface area (Å²) in [7, 11) is 3.14. The van der Waals surface area contributed by atoms with E-state index in [4.69, 9.17) is 5.26 Å². The Labute approximate surface area is 199 Å². The molecule has 0 heterocycles. The van der Waals surface area contributed by atoms with Crippen LogP contribution in [0.5, 0.6) is 0 Å². The van der Waals surface area contributed by atoms with Gasteiger partial charge in [0.2, 0.25) is 11.8 Å². The lowest BCUT2D eigenvalue weighted by molar-refractivity contribution is -0.137. The molecule has 0 aliphatic heterocycles. The molecule has 0 fully saturated rings. The molecule has 3 aromatic carbocycles. The summed E-state index contributed by atoms with van der Waals surface area (Å²) in [5.41, 5.74) is 3.23. The smallest absolute Gasteiger partial charge is 0.243 e. The van der Waals surface area contributed by atoms with Crippen LogP contribution in [-0.4, -0.2) is 42.6 Å². The number of rotatable bonds is 9. The average molecular weight is 458 g/mol. The minimum Gasteiger partial charge on any atom is -0.357 e.